The van der Waals surface area contributed by atoms with Gasteiger partial charge in [-0.2, -0.15) is 0 Å². The standard InChI is InChI=1S/C22H23N5O/c1-23-16-8-9-27(13-16)17-6-7-18-19(11-17)25-21(22(28)26-18)20-10-14-4-2-3-5-15(14)12-24-20/h2-7,10-11,16,23-24H,8-9,12-13H2,1H3,(H,26,28). The number of nitrogens with zero attached hydrogens (tertiary/aromatic N) is 2. The third-order valence-electron chi connectivity index (χ3n) is 5.72. The average Bonchev–Trinajstić information content (AvgIpc) is 3.22. The molecule has 5 rings (SSSR count). The van der Waals surface area contributed by atoms with E-state index in [9.17, 15) is 4.79 Å². The van der Waals surface area contributed by atoms with E-state index in [1.165, 1.54) is 5.56 Å². The predicted molar refractivity (Wildman–Crippen MR) is 113 cm³/mol. The molecule has 1 aromatic heterocycles. The van der Waals surface area contributed by atoms with Crippen molar-refractivity contribution in [2.75, 3.05) is 25.0 Å². The van der Waals surface area contributed by atoms with Crippen LogP contribution in [0.5, 0.6) is 0 Å². The minimum Gasteiger partial charge on any atom is -0.379 e. The Balaban J connectivity index is 1.54. The molecule has 1 atom stereocenters. The molecule has 1 saturated heterocycles. The first-order valence-corrected chi connectivity index (χ1v) is 9.71. The van der Waals surface area contributed by atoms with E-state index in [4.69, 9.17) is 4.98 Å². The fourth-order valence-corrected chi connectivity index (χ4v) is 4.07. The summed E-state index contributed by atoms with van der Waals surface area (Å²) in [6.07, 6.45) is 3.14. The van der Waals surface area contributed by atoms with Crippen LogP contribution in [0.4, 0.5) is 5.69 Å². The molecule has 0 amide bonds. The first kappa shape index (κ1) is 17.0. The molecule has 28 heavy (non-hydrogen) atoms. The van der Waals surface area contributed by atoms with Crippen LogP contribution in [0.3, 0.4) is 0 Å². The number of rotatable bonds is 3. The van der Waals surface area contributed by atoms with Gasteiger partial charge in [0.25, 0.3) is 5.56 Å². The van der Waals surface area contributed by atoms with Crippen molar-refractivity contribution in [1.82, 2.24) is 20.6 Å². The summed E-state index contributed by atoms with van der Waals surface area (Å²) in [6.45, 7) is 2.71. The Morgan fingerprint density at radius 1 is 1.21 bits per heavy atom. The zero-order valence-corrected chi connectivity index (χ0v) is 15.8. The lowest BCUT2D eigenvalue weighted by molar-refractivity contribution is 0.617. The molecule has 3 aromatic rings. The van der Waals surface area contributed by atoms with E-state index in [1.807, 2.05) is 31.3 Å². The van der Waals surface area contributed by atoms with E-state index < -0.39 is 0 Å². The summed E-state index contributed by atoms with van der Waals surface area (Å²) < 4.78 is 0. The molecule has 0 saturated carbocycles. The maximum atomic E-state index is 12.6. The Bertz CT molecular complexity index is 1130. The third-order valence-corrected chi connectivity index (χ3v) is 5.72. The van der Waals surface area contributed by atoms with Crippen molar-refractivity contribution in [1.29, 1.82) is 0 Å². The van der Waals surface area contributed by atoms with E-state index >= 15 is 0 Å². The number of hydrogen-bond donors (Lipinski definition) is 3. The Labute approximate surface area is 163 Å². The summed E-state index contributed by atoms with van der Waals surface area (Å²) in [7, 11) is 2.01. The van der Waals surface area contributed by atoms with Crippen molar-refractivity contribution in [3.8, 4) is 0 Å². The van der Waals surface area contributed by atoms with Crippen LogP contribution in [-0.2, 0) is 6.54 Å². The quantitative estimate of drug-likeness (QED) is 0.657. The molecule has 2 aromatic carbocycles. The highest BCUT2D eigenvalue weighted by Gasteiger charge is 2.22. The van der Waals surface area contributed by atoms with Gasteiger partial charge < -0.3 is 20.5 Å². The molecule has 1 fully saturated rings. The SMILES string of the molecule is CNC1CCN(c2ccc3[nH]c(=O)c(C4=Cc5ccccc5CN4)nc3c2)C1. The average molecular weight is 373 g/mol. The highest BCUT2D eigenvalue weighted by atomic mass is 16.1. The fraction of sp³-hybridized carbons (Fsp3) is 0.273. The lowest BCUT2D eigenvalue weighted by Gasteiger charge is -2.20. The number of anilines is 1. The number of aromatic amines is 1. The van der Waals surface area contributed by atoms with Crippen LogP contribution >= 0.6 is 0 Å². The summed E-state index contributed by atoms with van der Waals surface area (Å²) in [5.74, 6) is 0. The van der Waals surface area contributed by atoms with Gasteiger partial charge in [-0.1, -0.05) is 24.3 Å². The maximum Gasteiger partial charge on any atom is 0.276 e. The van der Waals surface area contributed by atoms with Crippen molar-refractivity contribution >= 4 is 28.5 Å². The number of hydrogen-bond acceptors (Lipinski definition) is 5. The topological polar surface area (TPSA) is 73.0 Å². The van der Waals surface area contributed by atoms with Crippen molar-refractivity contribution in [3.05, 3.63) is 69.6 Å². The first-order chi connectivity index (χ1) is 13.7. The molecule has 3 N–H and O–H groups in total. The molecule has 1 unspecified atom stereocenters. The zero-order valence-electron chi connectivity index (χ0n) is 15.8. The van der Waals surface area contributed by atoms with Gasteiger partial charge in [-0.3, -0.25) is 4.79 Å². The summed E-state index contributed by atoms with van der Waals surface area (Å²) >= 11 is 0. The largest absolute Gasteiger partial charge is 0.379 e. The minimum atomic E-state index is -0.171. The van der Waals surface area contributed by atoms with Crippen LogP contribution in [0.2, 0.25) is 0 Å². The predicted octanol–water partition coefficient (Wildman–Crippen LogP) is 2.32. The first-order valence-electron chi connectivity index (χ1n) is 9.71. The van der Waals surface area contributed by atoms with Gasteiger partial charge >= 0.3 is 0 Å². The van der Waals surface area contributed by atoms with Crippen LogP contribution in [0, 0.1) is 0 Å². The third kappa shape index (κ3) is 2.96. The summed E-state index contributed by atoms with van der Waals surface area (Å²) in [5.41, 5.74) is 6.10. The summed E-state index contributed by atoms with van der Waals surface area (Å²) in [5, 5.41) is 6.69. The minimum absolute atomic E-state index is 0.171. The van der Waals surface area contributed by atoms with E-state index in [0.717, 1.165) is 47.5 Å². The van der Waals surface area contributed by atoms with Crippen molar-refractivity contribution in [2.45, 2.75) is 19.0 Å². The summed E-state index contributed by atoms with van der Waals surface area (Å²) in [4.78, 5) is 22.7. The second-order valence-electron chi connectivity index (χ2n) is 7.45. The van der Waals surface area contributed by atoms with Crippen molar-refractivity contribution < 1.29 is 0 Å². The molecular formula is C22H23N5O. The van der Waals surface area contributed by atoms with Gasteiger partial charge in [0.1, 0.15) is 0 Å². The van der Waals surface area contributed by atoms with E-state index in [0.29, 0.717) is 18.3 Å². The smallest absolute Gasteiger partial charge is 0.276 e. The van der Waals surface area contributed by atoms with Gasteiger partial charge in [0.05, 0.1) is 16.7 Å². The Morgan fingerprint density at radius 3 is 2.96 bits per heavy atom. The molecule has 0 spiro atoms. The van der Waals surface area contributed by atoms with E-state index in [2.05, 4.69) is 44.8 Å². The van der Waals surface area contributed by atoms with Crippen LogP contribution in [-0.4, -0.2) is 36.1 Å². The van der Waals surface area contributed by atoms with Gasteiger partial charge in [-0.05, 0) is 48.9 Å². The number of fused-ring (bicyclic) bond motifs is 2. The molecular weight excluding hydrogens is 350 g/mol. The number of nitrogens with one attached hydrogen (secondary N) is 3. The second-order valence-corrected chi connectivity index (χ2v) is 7.45. The maximum absolute atomic E-state index is 12.6. The zero-order chi connectivity index (χ0) is 19.1. The van der Waals surface area contributed by atoms with Gasteiger partial charge in [0, 0.05) is 31.4 Å². The lowest BCUT2D eigenvalue weighted by atomic mass is 10.0. The number of aromatic nitrogens is 2. The highest BCUT2D eigenvalue weighted by molar-refractivity contribution is 5.85. The number of H-pyrrole nitrogens is 1. The Morgan fingerprint density at radius 2 is 2.11 bits per heavy atom. The van der Waals surface area contributed by atoms with E-state index in [1.54, 1.807) is 0 Å². The Hall–Kier alpha value is -3.12. The van der Waals surface area contributed by atoms with Crippen molar-refractivity contribution in [3.63, 3.8) is 0 Å². The summed E-state index contributed by atoms with van der Waals surface area (Å²) in [6, 6.07) is 14.8. The van der Waals surface area contributed by atoms with Crippen LogP contribution in [0.25, 0.3) is 22.8 Å². The van der Waals surface area contributed by atoms with Gasteiger partial charge in [-0.15, -0.1) is 0 Å². The monoisotopic (exact) mass is 373 g/mol. The second kappa shape index (κ2) is 6.80. The van der Waals surface area contributed by atoms with Gasteiger partial charge in [0.2, 0.25) is 0 Å². The molecule has 2 aliphatic heterocycles. The molecule has 142 valence electrons. The van der Waals surface area contributed by atoms with E-state index in [-0.39, 0.29) is 5.56 Å². The molecule has 0 aliphatic carbocycles. The molecule has 6 heteroatoms. The van der Waals surface area contributed by atoms with Gasteiger partial charge in [-0.25, -0.2) is 4.98 Å². The highest BCUT2D eigenvalue weighted by Crippen LogP contribution is 2.25. The molecule has 6 nitrogen and oxygen atoms in total. The number of benzene rings is 2. The molecule has 3 heterocycles. The lowest BCUT2D eigenvalue weighted by Crippen LogP contribution is -2.29. The van der Waals surface area contributed by atoms with Crippen LogP contribution in [0.15, 0.2) is 47.3 Å². The molecule has 0 bridgehead atoms. The van der Waals surface area contributed by atoms with Crippen molar-refractivity contribution in [2.24, 2.45) is 0 Å². The molecule has 2 aliphatic rings. The fourth-order valence-electron chi connectivity index (χ4n) is 4.07. The van der Waals surface area contributed by atoms with Crippen LogP contribution in [0.1, 0.15) is 23.2 Å². The van der Waals surface area contributed by atoms with Crippen LogP contribution < -0.4 is 21.1 Å². The normalized spacial score (nSPS) is 18.7. The number of likely N-dealkylation sites (N-methyl/N-ethyl adjacent to an activating group) is 1. The Kier molecular flexibility index (Phi) is 4.13. The molecule has 0 radical (unpaired) electrons. The van der Waals surface area contributed by atoms with Gasteiger partial charge in [0.15, 0.2) is 5.69 Å².